The summed E-state index contributed by atoms with van der Waals surface area (Å²) in [6, 6.07) is 4.71. The lowest BCUT2D eigenvalue weighted by Gasteiger charge is -2.27. The van der Waals surface area contributed by atoms with Gasteiger partial charge in [0.15, 0.2) is 0 Å². The molecular weight excluding hydrogens is 222 g/mol. The average molecular weight is 238 g/mol. The van der Waals surface area contributed by atoms with Gasteiger partial charge in [0.2, 0.25) is 0 Å². The van der Waals surface area contributed by atoms with Crippen molar-refractivity contribution in [3.05, 3.63) is 28.3 Å². The lowest BCUT2D eigenvalue weighted by molar-refractivity contribution is 0.306. The number of piperidine rings is 1. The van der Waals surface area contributed by atoms with Crippen LogP contribution in [0.3, 0.4) is 0 Å². The first kappa shape index (κ1) is 10.4. The fourth-order valence-corrected chi connectivity index (χ4v) is 3.32. The largest absolute Gasteiger partial charge is 0.495 e. The number of rotatable bonds is 1. The van der Waals surface area contributed by atoms with Gasteiger partial charge in [-0.1, -0.05) is 11.6 Å². The smallest absolute Gasteiger partial charge is 0.137 e. The van der Waals surface area contributed by atoms with Crippen molar-refractivity contribution >= 4 is 11.6 Å². The summed E-state index contributed by atoms with van der Waals surface area (Å²) in [5.74, 6) is 1.56. The molecule has 86 valence electrons. The van der Waals surface area contributed by atoms with Crippen LogP contribution in [0, 0.1) is 5.92 Å². The number of hydrogen-bond donors (Lipinski definition) is 1. The van der Waals surface area contributed by atoms with E-state index in [2.05, 4.69) is 17.4 Å². The monoisotopic (exact) mass is 237 g/mol. The molecule has 0 radical (unpaired) electrons. The molecule has 2 nitrogen and oxygen atoms in total. The van der Waals surface area contributed by atoms with E-state index in [1.165, 1.54) is 24.0 Å². The first-order valence-electron chi connectivity index (χ1n) is 5.89. The molecule has 1 fully saturated rings. The van der Waals surface area contributed by atoms with Gasteiger partial charge in [-0.25, -0.2) is 0 Å². The zero-order chi connectivity index (χ0) is 11.1. The summed E-state index contributed by atoms with van der Waals surface area (Å²) < 4.78 is 5.29. The summed E-state index contributed by atoms with van der Waals surface area (Å²) in [5, 5.41) is 4.35. The summed E-state index contributed by atoms with van der Waals surface area (Å²) in [6.45, 7) is 1.13. The van der Waals surface area contributed by atoms with Crippen molar-refractivity contribution in [1.82, 2.24) is 5.32 Å². The first-order valence-corrected chi connectivity index (χ1v) is 6.27. The van der Waals surface area contributed by atoms with Crippen LogP contribution < -0.4 is 10.1 Å². The molecule has 1 aliphatic heterocycles. The minimum Gasteiger partial charge on any atom is -0.495 e. The first-order chi connectivity index (χ1) is 7.79. The molecule has 0 amide bonds. The second kappa shape index (κ2) is 3.94. The molecule has 1 N–H and O–H groups in total. The molecule has 0 unspecified atom stereocenters. The van der Waals surface area contributed by atoms with Crippen LogP contribution in [0.25, 0.3) is 0 Å². The molecule has 2 aliphatic rings. The molecule has 1 heterocycles. The van der Waals surface area contributed by atoms with Gasteiger partial charge >= 0.3 is 0 Å². The molecule has 1 aromatic rings. The van der Waals surface area contributed by atoms with Crippen LogP contribution in [0.5, 0.6) is 5.75 Å². The van der Waals surface area contributed by atoms with Gasteiger partial charge in [-0.05, 0) is 55.0 Å². The van der Waals surface area contributed by atoms with Crippen LogP contribution in [0.4, 0.5) is 0 Å². The van der Waals surface area contributed by atoms with Crippen LogP contribution in [-0.4, -0.2) is 13.7 Å². The average Bonchev–Trinajstić information content (AvgIpc) is 2.65. The van der Waals surface area contributed by atoms with Gasteiger partial charge in [0.1, 0.15) is 5.75 Å². The number of halogens is 1. The lowest BCUT2D eigenvalue weighted by Crippen LogP contribution is -2.31. The molecule has 16 heavy (non-hydrogen) atoms. The Morgan fingerprint density at radius 3 is 3.12 bits per heavy atom. The zero-order valence-electron chi connectivity index (χ0n) is 9.42. The predicted octanol–water partition coefficient (Wildman–Crippen LogP) is 2.95. The van der Waals surface area contributed by atoms with E-state index in [9.17, 15) is 0 Å². The maximum Gasteiger partial charge on any atom is 0.137 e. The third kappa shape index (κ3) is 1.52. The Hall–Kier alpha value is -0.730. The van der Waals surface area contributed by atoms with Crippen LogP contribution >= 0.6 is 11.6 Å². The number of hydrogen-bond acceptors (Lipinski definition) is 2. The zero-order valence-corrected chi connectivity index (χ0v) is 10.2. The van der Waals surface area contributed by atoms with Crippen molar-refractivity contribution < 1.29 is 4.74 Å². The highest BCUT2D eigenvalue weighted by Gasteiger charge is 2.34. The summed E-state index contributed by atoms with van der Waals surface area (Å²) in [7, 11) is 1.67. The molecule has 3 rings (SSSR count). The molecule has 0 bridgehead atoms. The normalized spacial score (nSPS) is 27.4. The van der Waals surface area contributed by atoms with E-state index in [1.54, 1.807) is 7.11 Å². The van der Waals surface area contributed by atoms with Gasteiger partial charge in [-0.2, -0.15) is 0 Å². The third-order valence-corrected chi connectivity index (χ3v) is 4.11. The Morgan fingerprint density at radius 2 is 2.31 bits per heavy atom. The predicted molar refractivity (Wildman–Crippen MR) is 65.2 cm³/mol. The Morgan fingerprint density at radius 1 is 1.44 bits per heavy atom. The van der Waals surface area contributed by atoms with E-state index in [1.807, 2.05) is 0 Å². The number of methoxy groups -OCH3 is 1. The molecule has 0 saturated carbocycles. The Labute approximate surface area is 101 Å². The van der Waals surface area contributed by atoms with E-state index >= 15 is 0 Å². The molecule has 1 saturated heterocycles. The van der Waals surface area contributed by atoms with Gasteiger partial charge in [0.25, 0.3) is 0 Å². The van der Waals surface area contributed by atoms with Gasteiger partial charge in [-0.15, -0.1) is 0 Å². The molecule has 1 aromatic carbocycles. The van der Waals surface area contributed by atoms with Crippen molar-refractivity contribution in [2.45, 2.75) is 25.3 Å². The fourth-order valence-electron chi connectivity index (χ4n) is 3.05. The van der Waals surface area contributed by atoms with E-state index < -0.39 is 0 Å². The highest BCUT2D eigenvalue weighted by molar-refractivity contribution is 6.32. The summed E-state index contributed by atoms with van der Waals surface area (Å²) in [5.41, 5.74) is 2.79. The standard InChI is InChI=1S/C13H16ClNO/c1-16-12-7-10-9(6-11(12)14)5-8-3-2-4-15-13(8)10/h6-8,13,15H,2-5H2,1H3/t8-,13+/m1/s1. The second-order valence-electron chi connectivity index (χ2n) is 4.72. The topological polar surface area (TPSA) is 21.3 Å². The third-order valence-electron chi connectivity index (χ3n) is 3.82. The van der Waals surface area contributed by atoms with Crippen molar-refractivity contribution in [2.75, 3.05) is 13.7 Å². The van der Waals surface area contributed by atoms with E-state index in [0.29, 0.717) is 6.04 Å². The van der Waals surface area contributed by atoms with Gasteiger partial charge in [0, 0.05) is 6.04 Å². The summed E-state index contributed by atoms with van der Waals surface area (Å²) >= 11 is 6.16. The highest BCUT2D eigenvalue weighted by Crippen LogP contribution is 2.43. The fraction of sp³-hybridized carbons (Fsp3) is 0.538. The van der Waals surface area contributed by atoms with Crippen molar-refractivity contribution in [1.29, 1.82) is 0 Å². The molecular formula is C13H16ClNO. The molecule has 3 heteroatoms. The van der Waals surface area contributed by atoms with Crippen LogP contribution in [0.2, 0.25) is 5.02 Å². The number of benzene rings is 1. The molecule has 0 spiro atoms. The van der Waals surface area contributed by atoms with Gasteiger partial charge in [0.05, 0.1) is 12.1 Å². The minimum atomic E-state index is 0.523. The highest BCUT2D eigenvalue weighted by atomic mass is 35.5. The van der Waals surface area contributed by atoms with E-state index in [-0.39, 0.29) is 0 Å². The maximum absolute atomic E-state index is 6.16. The number of fused-ring (bicyclic) bond motifs is 3. The van der Waals surface area contributed by atoms with Crippen LogP contribution in [-0.2, 0) is 6.42 Å². The Kier molecular flexibility index (Phi) is 2.56. The number of nitrogens with one attached hydrogen (secondary N) is 1. The Bertz CT molecular complexity index is 419. The van der Waals surface area contributed by atoms with Crippen LogP contribution in [0.1, 0.15) is 30.0 Å². The molecule has 0 aromatic heterocycles. The maximum atomic E-state index is 6.16. The second-order valence-corrected chi connectivity index (χ2v) is 5.13. The van der Waals surface area contributed by atoms with Crippen molar-refractivity contribution in [2.24, 2.45) is 5.92 Å². The van der Waals surface area contributed by atoms with Crippen LogP contribution in [0.15, 0.2) is 12.1 Å². The molecule has 1 aliphatic carbocycles. The number of ether oxygens (including phenoxy) is 1. The van der Waals surface area contributed by atoms with Crippen molar-refractivity contribution in [3.63, 3.8) is 0 Å². The summed E-state index contributed by atoms with van der Waals surface area (Å²) in [6.07, 6.45) is 3.78. The summed E-state index contributed by atoms with van der Waals surface area (Å²) in [4.78, 5) is 0. The SMILES string of the molecule is COc1cc2c(cc1Cl)C[C@H]1CCCN[C@H]21. The van der Waals surface area contributed by atoms with Gasteiger partial charge < -0.3 is 10.1 Å². The van der Waals surface area contributed by atoms with E-state index in [0.717, 1.165) is 29.7 Å². The van der Waals surface area contributed by atoms with Crippen molar-refractivity contribution in [3.8, 4) is 5.75 Å². The lowest BCUT2D eigenvalue weighted by atomic mass is 9.92. The minimum absolute atomic E-state index is 0.523. The Balaban J connectivity index is 2.02. The molecule has 2 atom stereocenters. The van der Waals surface area contributed by atoms with E-state index in [4.69, 9.17) is 16.3 Å². The van der Waals surface area contributed by atoms with Gasteiger partial charge in [-0.3, -0.25) is 0 Å². The quantitative estimate of drug-likeness (QED) is 0.811.